The largest absolute Gasteiger partial charge is 0.383 e. The number of hydrogen-bond acceptors (Lipinski definition) is 4. The van der Waals surface area contributed by atoms with Gasteiger partial charge in [0.05, 0.1) is 4.21 Å². The predicted molar refractivity (Wildman–Crippen MR) is 61.1 cm³/mol. The van der Waals surface area contributed by atoms with Gasteiger partial charge in [-0.1, -0.05) is 0 Å². The van der Waals surface area contributed by atoms with Gasteiger partial charge in [-0.25, -0.2) is 0 Å². The quantitative estimate of drug-likeness (QED) is 0.685. The van der Waals surface area contributed by atoms with Crippen LogP contribution >= 0.6 is 23.1 Å². The summed E-state index contributed by atoms with van der Waals surface area (Å²) in [6.07, 6.45) is 1.91. The van der Waals surface area contributed by atoms with Crippen molar-refractivity contribution < 1.29 is 4.79 Å². The molecule has 0 radical (unpaired) electrons. The molecule has 0 N–H and O–H groups in total. The lowest BCUT2D eigenvalue weighted by Gasteiger charge is -2.15. The van der Waals surface area contributed by atoms with Gasteiger partial charge in [0.25, 0.3) is 0 Å². The van der Waals surface area contributed by atoms with Crippen LogP contribution in [0.1, 0.15) is 10.4 Å². The fourth-order valence-corrected chi connectivity index (χ4v) is 3.40. The first-order valence-electron chi connectivity index (χ1n) is 4.30. The summed E-state index contributed by atoms with van der Waals surface area (Å²) in [5.41, 5.74) is 1.77. The Hall–Kier alpha value is -0.740. The molecule has 1 aliphatic heterocycles. The average Bonchev–Trinajstić information content (AvgIpc) is 2.57. The van der Waals surface area contributed by atoms with Crippen molar-refractivity contribution in [2.45, 2.75) is 4.21 Å². The summed E-state index contributed by atoms with van der Waals surface area (Å²) in [6.45, 7) is 0. The van der Waals surface area contributed by atoms with E-state index in [9.17, 15) is 4.79 Å². The van der Waals surface area contributed by atoms with Crippen molar-refractivity contribution in [1.82, 2.24) is 4.90 Å². The number of hydrogen-bond donors (Lipinski definition) is 0. The molecule has 1 aromatic rings. The Balaban J connectivity index is 2.34. The molecule has 0 amide bonds. The molecule has 0 bridgehead atoms. The molecule has 1 aliphatic rings. The lowest BCUT2D eigenvalue weighted by Crippen LogP contribution is -2.14. The molecule has 0 spiro atoms. The van der Waals surface area contributed by atoms with Gasteiger partial charge in [-0.2, -0.15) is 0 Å². The minimum atomic E-state index is 0.189. The zero-order valence-electron chi connectivity index (χ0n) is 8.11. The third kappa shape index (κ3) is 1.72. The Labute approximate surface area is 91.6 Å². The summed E-state index contributed by atoms with van der Waals surface area (Å²) in [4.78, 5) is 13.8. The smallest absolute Gasteiger partial charge is 0.193 e. The van der Waals surface area contributed by atoms with E-state index >= 15 is 0 Å². The Bertz CT molecular complexity index is 393. The van der Waals surface area contributed by atoms with Gasteiger partial charge in [-0.3, -0.25) is 4.79 Å². The maximum Gasteiger partial charge on any atom is 0.193 e. The molecule has 4 heteroatoms. The van der Waals surface area contributed by atoms with E-state index in [-0.39, 0.29) is 5.78 Å². The van der Waals surface area contributed by atoms with Gasteiger partial charge in [0.2, 0.25) is 0 Å². The Morgan fingerprint density at radius 3 is 3.00 bits per heavy atom. The molecule has 0 aliphatic carbocycles. The van der Waals surface area contributed by atoms with E-state index in [4.69, 9.17) is 0 Å². The summed E-state index contributed by atoms with van der Waals surface area (Å²) in [6, 6.07) is 1.91. The van der Waals surface area contributed by atoms with Crippen LogP contribution in [0, 0.1) is 0 Å². The van der Waals surface area contributed by atoms with E-state index in [2.05, 4.69) is 0 Å². The van der Waals surface area contributed by atoms with Gasteiger partial charge < -0.3 is 4.90 Å². The molecular formula is C10H11NOS2. The molecule has 0 saturated heterocycles. The maximum atomic E-state index is 11.9. The minimum Gasteiger partial charge on any atom is -0.383 e. The molecule has 14 heavy (non-hydrogen) atoms. The Morgan fingerprint density at radius 1 is 1.50 bits per heavy atom. The normalized spacial score (nSPS) is 18.4. The number of thiophene rings is 1. The highest BCUT2D eigenvalue weighted by Crippen LogP contribution is 2.36. The molecule has 74 valence electrons. The summed E-state index contributed by atoms with van der Waals surface area (Å²) in [5.74, 6) is 0.985. The van der Waals surface area contributed by atoms with Crippen molar-refractivity contribution in [2.75, 3.05) is 19.8 Å². The standard InChI is InChI=1S/C10H11NOS2/c1-11(2)5-7-6-14-10-8(9(7)12)3-4-13-10/h3-5H,6H2,1-2H3/b7-5+. The fourth-order valence-electron chi connectivity index (χ4n) is 1.36. The molecule has 2 heterocycles. The number of carbonyl (C=O) groups is 1. The lowest BCUT2D eigenvalue weighted by atomic mass is 10.1. The minimum absolute atomic E-state index is 0.189. The van der Waals surface area contributed by atoms with E-state index < -0.39 is 0 Å². The number of thioether (sulfide) groups is 1. The van der Waals surface area contributed by atoms with Gasteiger partial charge in [0.1, 0.15) is 0 Å². The first-order chi connectivity index (χ1) is 6.68. The molecule has 0 saturated carbocycles. The van der Waals surface area contributed by atoms with Crippen LogP contribution in [0.15, 0.2) is 27.4 Å². The molecule has 0 aromatic carbocycles. The predicted octanol–water partition coefficient (Wildman–Crippen LogP) is 2.48. The van der Waals surface area contributed by atoms with E-state index in [0.717, 1.165) is 21.1 Å². The van der Waals surface area contributed by atoms with Gasteiger partial charge in [0, 0.05) is 37.2 Å². The van der Waals surface area contributed by atoms with E-state index in [1.54, 1.807) is 23.1 Å². The zero-order valence-corrected chi connectivity index (χ0v) is 9.74. The molecule has 2 rings (SSSR count). The summed E-state index contributed by atoms with van der Waals surface area (Å²) in [5, 5.41) is 1.98. The Morgan fingerprint density at radius 2 is 2.29 bits per heavy atom. The highest BCUT2D eigenvalue weighted by molar-refractivity contribution is 8.01. The van der Waals surface area contributed by atoms with Crippen molar-refractivity contribution in [3.05, 3.63) is 28.8 Å². The second-order valence-electron chi connectivity index (χ2n) is 3.36. The summed E-state index contributed by atoms with van der Waals surface area (Å²) < 4.78 is 1.16. The van der Waals surface area contributed by atoms with Gasteiger partial charge in [0.15, 0.2) is 5.78 Å². The number of rotatable bonds is 1. The van der Waals surface area contributed by atoms with Crippen molar-refractivity contribution in [2.24, 2.45) is 0 Å². The third-order valence-electron chi connectivity index (χ3n) is 1.94. The van der Waals surface area contributed by atoms with Crippen LogP contribution in [0.5, 0.6) is 0 Å². The van der Waals surface area contributed by atoms with Crippen molar-refractivity contribution in [3.63, 3.8) is 0 Å². The van der Waals surface area contributed by atoms with Crippen LogP contribution in [0.3, 0.4) is 0 Å². The molecule has 0 atom stereocenters. The number of ketones is 1. The summed E-state index contributed by atoms with van der Waals surface area (Å²) in [7, 11) is 3.88. The van der Waals surface area contributed by atoms with Crippen molar-refractivity contribution >= 4 is 28.9 Å². The summed E-state index contributed by atoms with van der Waals surface area (Å²) >= 11 is 3.40. The number of carbonyl (C=O) groups excluding carboxylic acids is 1. The van der Waals surface area contributed by atoms with Crippen LogP contribution in [0.4, 0.5) is 0 Å². The highest BCUT2D eigenvalue weighted by atomic mass is 32.2. The topological polar surface area (TPSA) is 20.3 Å². The lowest BCUT2D eigenvalue weighted by molar-refractivity contribution is 0.103. The van der Waals surface area contributed by atoms with E-state index in [1.165, 1.54) is 0 Å². The molecular weight excluding hydrogens is 214 g/mol. The fraction of sp³-hybridized carbons (Fsp3) is 0.300. The first kappa shape index (κ1) is 9.80. The van der Waals surface area contributed by atoms with Crippen LogP contribution in [-0.4, -0.2) is 30.5 Å². The van der Waals surface area contributed by atoms with Gasteiger partial charge >= 0.3 is 0 Å². The number of fused-ring (bicyclic) bond motifs is 1. The van der Waals surface area contributed by atoms with E-state index in [1.807, 2.05) is 36.6 Å². The maximum absolute atomic E-state index is 11.9. The number of Topliss-reactive ketones (excluding diaryl/α,β-unsaturated/α-hetero) is 1. The van der Waals surface area contributed by atoms with E-state index in [0.29, 0.717) is 0 Å². The molecule has 1 aromatic heterocycles. The SMILES string of the molecule is CN(C)/C=C1\CSc2sccc2C1=O. The second-order valence-corrected chi connectivity index (χ2v) is 5.52. The molecule has 2 nitrogen and oxygen atoms in total. The van der Waals surface area contributed by atoms with Crippen LogP contribution in [0.25, 0.3) is 0 Å². The second kappa shape index (κ2) is 3.79. The van der Waals surface area contributed by atoms with Crippen molar-refractivity contribution in [1.29, 1.82) is 0 Å². The van der Waals surface area contributed by atoms with Gasteiger partial charge in [-0.15, -0.1) is 23.1 Å². The van der Waals surface area contributed by atoms with Crippen LogP contribution in [0.2, 0.25) is 0 Å². The zero-order chi connectivity index (χ0) is 10.1. The van der Waals surface area contributed by atoms with Crippen LogP contribution in [-0.2, 0) is 0 Å². The molecule has 0 fully saturated rings. The average molecular weight is 225 g/mol. The number of nitrogens with zero attached hydrogens (tertiary/aromatic N) is 1. The molecule has 0 unspecified atom stereocenters. The van der Waals surface area contributed by atoms with Gasteiger partial charge in [-0.05, 0) is 11.4 Å². The first-order valence-corrected chi connectivity index (χ1v) is 6.17. The monoisotopic (exact) mass is 225 g/mol. The van der Waals surface area contributed by atoms with Crippen LogP contribution < -0.4 is 0 Å². The highest BCUT2D eigenvalue weighted by Gasteiger charge is 2.23. The van der Waals surface area contributed by atoms with Crippen molar-refractivity contribution in [3.8, 4) is 0 Å². The third-order valence-corrected chi connectivity index (χ3v) is 4.22. The Kier molecular flexibility index (Phi) is 2.65.